The Morgan fingerprint density at radius 1 is 1.15 bits per heavy atom. The van der Waals surface area contributed by atoms with Crippen molar-refractivity contribution in [1.29, 1.82) is 0 Å². The van der Waals surface area contributed by atoms with Crippen molar-refractivity contribution < 1.29 is 14.3 Å². The SMILES string of the molecule is COc1ccc(N2CC(C(=O)NC3CCN4CCCCC34)CC2=O)cc1. The second-order valence-electron chi connectivity index (χ2n) is 7.61. The largest absolute Gasteiger partial charge is 0.497 e. The van der Waals surface area contributed by atoms with E-state index in [4.69, 9.17) is 4.74 Å². The molecule has 3 unspecified atom stereocenters. The lowest BCUT2D eigenvalue weighted by Crippen LogP contribution is -2.48. The van der Waals surface area contributed by atoms with Crippen molar-refractivity contribution >= 4 is 17.5 Å². The smallest absolute Gasteiger partial charge is 0.227 e. The van der Waals surface area contributed by atoms with Gasteiger partial charge >= 0.3 is 0 Å². The first-order chi connectivity index (χ1) is 12.7. The highest BCUT2D eigenvalue weighted by Crippen LogP contribution is 2.29. The second kappa shape index (κ2) is 7.27. The predicted octanol–water partition coefficient (Wildman–Crippen LogP) is 1.79. The number of hydrogen-bond acceptors (Lipinski definition) is 4. The van der Waals surface area contributed by atoms with E-state index in [0.717, 1.165) is 30.9 Å². The van der Waals surface area contributed by atoms with Crippen molar-refractivity contribution in [3.05, 3.63) is 24.3 Å². The van der Waals surface area contributed by atoms with Crippen molar-refractivity contribution in [3.8, 4) is 5.75 Å². The number of amides is 2. The third-order valence-corrected chi connectivity index (χ3v) is 6.06. The summed E-state index contributed by atoms with van der Waals surface area (Å²) in [6.07, 6.45) is 5.01. The molecule has 3 saturated heterocycles. The van der Waals surface area contributed by atoms with Gasteiger partial charge in [0.05, 0.1) is 13.0 Å². The first kappa shape index (κ1) is 17.3. The van der Waals surface area contributed by atoms with Gasteiger partial charge in [0.1, 0.15) is 5.75 Å². The first-order valence-electron chi connectivity index (χ1n) is 9.64. The number of methoxy groups -OCH3 is 1. The predicted molar refractivity (Wildman–Crippen MR) is 99.2 cm³/mol. The van der Waals surface area contributed by atoms with Gasteiger partial charge in [-0.25, -0.2) is 0 Å². The molecule has 26 heavy (non-hydrogen) atoms. The van der Waals surface area contributed by atoms with E-state index in [1.165, 1.54) is 19.3 Å². The van der Waals surface area contributed by atoms with E-state index in [1.54, 1.807) is 12.0 Å². The Hall–Kier alpha value is -2.08. The van der Waals surface area contributed by atoms with Crippen LogP contribution in [0.3, 0.4) is 0 Å². The van der Waals surface area contributed by atoms with Crippen LogP contribution in [0.5, 0.6) is 5.75 Å². The van der Waals surface area contributed by atoms with Gasteiger partial charge in [0.15, 0.2) is 0 Å². The first-order valence-corrected chi connectivity index (χ1v) is 9.64. The van der Waals surface area contributed by atoms with E-state index in [9.17, 15) is 9.59 Å². The maximum atomic E-state index is 12.8. The molecule has 0 spiro atoms. The second-order valence-corrected chi connectivity index (χ2v) is 7.61. The summed E-state index contributed by atoms with van der Waals surface area (Å²) >= 11 is 0. The minimum Gasteiger partial charge on any atom is -0.497 e. The lowest BCUT2D eigenvalue weighted by molar-refractivity contribution is -0.127. The monoisotopic (exact) mass is 357 g/mol. The van der Waals surface area contributed by atoms with E-state index in [0.29, 0.717) is 19.0 Å². The highest BCUT2D eigenvalue weighted by Gasteiger charge is 2.40. The fourth-order valence-corrected chi connectivity index (χ4v) is 4.61. The van der Waals surface area contributed by atoms with Gasteiger partial charge in [-0.3, -0.25) is 14.5 Å². The Morgan fingerprint density at radius 3 is 2.73 bits per heavy atom. The van der Waals surface area contributed by atoms with Gasteiger partial charge in [-0.2, -0.15) is 0 Å². The summed E-state index contributed by atoms with van der Waals surface area (Å²) in [6, 6.07) is 8.15. The number of carbonyl (C=O) groups excluding carboxylic acids is 2. The minimum atomic E-state index is -0.262. The van der Waals surface area contributed by atoms with Crippen LogP contribution in [0.1, 0.15) is 32.1 Å². The Balaban J connectivity index is 1.37. The molecule has 1 aromatic carbocycles. The fraction of sp³-hybridized carbons (Fsp3) is 0.600. The van der Waals surface area contributed by atoms with Gasteiger partial charge in [-0.1, -0.05) is 6.42 Å². The van der Waals surface area contributed by atoms with Crippen LogP contribution in [-0.4, -0.2) is 55.5 Å². The molecule has 0 saturated carbocycles. The molecule has 3 aliphatic heterocycles. The summed E-state index contributed by atoms with van der Waals surface area (Å²) in [7, 11) is 1.62. The van der Waals surface area contributed by atoms with Gasteiger partial charge in [-0.15, -0.1) is 0 Å². The van der Waals surface area contributed by atoms with E-state index in [-0.39, 0.29) is 23.8 Å². The Bertz CT molecular complexity index is 675. The number of piperidine rings is 1. The number of fused-ring (bicyclic) bond motifs is 1. The van der Waals surface area contributed by atoms with Crippen LogP contribution in [0.2, 0.25) is 0 Å². The van der Waals surface area contributed by atoms with Crippen molar-refractivity contribution in [3.63, 3.8) is 0 Å². The average molecular weight is 357 g/mol. The quantitative estimate of drug-likeness (QED) is 0.892. The van der Waals surface area contributed by atoms with Gasteiger partial charge in [-0.05, 0) is 50.1 Å². The Morgan fingerprint density at radius 2 is 1.96 bits per heavy atom. The molecule has 0 aromatic heterocycles. The summed E-state index contributed by atoms with van der Waals surface area (Å²) in [5.41, 5.74) is 0.824. The third kappa shape index (κ3) is 3.30. The van der Waals surface area contributed by atoms with Crippen LogP contribution in [0.4, 0.5) is 5.69 Å². The maximum absolute atomic E-state index is 12.8. The summed E-state index contributed by atoms with van der Waals surface area (Å²) < 4.78 is 5.16. The standard InChI is InChI=1S/C20H27N3O3/c1-26-16-7-5-15(6-8-16)23-13-14(12-19(23)24)20(25)21-17-9-11-22-10-3-2-4-18(17)22/h5-8,14,17-18H,2-4,9-13H2,1H3,(H,21,25). The summed E-state index contributed by atoms with van der Waals surface area (Å²) in [6.45, 7) is 2.69. The lowest BCUT2D eigenvalue weighted by atomic mass is 9.98. The highest BCUT2D eigenvalue weighted by molar-refractivity contribution is 6.00. The van der Waals surface area contributed by atoms with Crippen molar-refractivity contribution in [2.45, 2.75) is 44.2 Å². The zero-order chi connectivity index (χ0) is 18.1. The van der Waals surface area contributed by atoms with E-state index < -0.39 is 0 Å². The molecule has 3 fully saturated rings. The summed E-state index contributed by atoms with van der Waals surface area (Å²) in [5, 5.41) is 3.25. The number of hydrogen-bond donors (Lipinski definition) is 1. The number of rotatable bonds is 4. The van der Waals surface area contributed by atoms with Crippen LogP contribution >= 0.6 is 0 Å². The third-order valence-electron chi connectivity index (χ3n) is 6.06. The molecule has 0 radical (unpaired) electrons. The van der Waals surface area contributed by atoms with Crippen molar-refractivity contribution in [2.75, 3.05) is 31.6 Å². The fourth-order valence-electron chi connectivity index (χ4n) is 4.61. The average Bonchev–Trinajstić information content (AvgIpc) is 3.26. The molecule has 140 valence electrons. The Labute approximate surface area is 154 Å². The van der Waals surface area contributed by atoms with Crippen molar-refractivity contribution in [1.82, 2.24) is 10.2 Å². The molecule has 6 nitrogen and oxygen atoms in total. The minimum absolute atomic E-state index is 0.0148. The zero-order valence-corrected chi connectivity index (χ0v) is 15.3. The van der Waals surface area contributed by atoms with E-state index in [2.05, 4.69) is 10.2 Å². The van der Waals surface area contributed by atoms with Gasteiger partial charge in [0.2, 0.25) is 11.8 Å². The molecule has 6 heteroatoms. The molecule has 3 aliphatic rings. The number of ether oxygens (including phenoxy) is 1. The van der Waals surface area contributed by atoms with Gasteiger partial charge in [0, 0.05) is 37.3 Å². The normalized spacial score (nSPS) is 28.9. The molecule has 1 aromatic rings. The van der Waals surface area contributed by atoms with Crippen LogP contribution in [0.15, 0.2) is 24.3 Å². The van der Waals surface area contributed by atoms with Gasteiger partial charge in [0.25, 0.3) is 0 Å². The van der Waals surface area contributed by atoms with E-state index >= 15 is 0 Å². The highest BCUT2D eigenvalue weighted by atomic mass is 16.5. The zero-order valence-electron chi connectivity index (χ0n) is 15.3. The molecular formula is C20H27N3O3. The molecule has 0 bridgehead atoms. The van der Waals surface area contributed by atoms with Crippen molar-refractivity contribution in [2.24, 2.45) is 5.92 Å². The van der Waals surface area contributed by atoms with Crippen LogP contribution < -0.4 is 15.0 Å². The van der Waals surface area contributed by atoms with Crippen LogP contribution in [-0.2, 0) is 9.59 Å². The number of nitrogens with one attached hydrogen (secondary N) is 1. The molecule has 1 N–H and O–H groups in total. The lowest BCUT2D eigenvalue weighted by Gasteiger charge is -2.32. The summed E-state index contributed by atoms with van der Waals surface area (Å²) in [4.78, 5) is 29.4. The number of benzene rings is 1. The topological polar surface area (TPSA) is 61.9 Å². The van der Waals surface area contributed by atoms with Crippen LogP contribution in [0, 0.1) is 5.92 Å². The molecule has 2 amide bonds. The molecule has 4 rings (SSSR count). The van der Waals surface area contributed by atoms with E-state index in [1.807, 2.05) is 24.3 Å². The molecule has 3 atom stereocenters. The number of anilines is 1. The molecule has 3 heterocycles. The molecular weight excluding hydrogens is 330 g/mol. The number of nitrogens with zero attached hydrogens (tertiary/aromatic N) is 2. The maximum Gasteiger partial charge on any atom is 0.227 e. The number of carbonyl (C=O) groups is 2. The molecule has 0 aliphatic carbocycles. The van der Waals surface area contributed by atoms with Gasteiger partial charge < -0.3 is 15.0 Å². The summed E-state index contributed by atoms with van der Waals surface area (Å²) in [5.74, 6) is 0.544. The Kier molecular flexibility index (Phi) is 4.85. The van der Waals surface area contributed by atoms with Crippen LogP contribution in [0.25, 0.3) is 0 Å².